The van der Waals surface area contributed by atoms with Crippen molar-refractivity contribution in [3.8, 4) is 5.75 Å². The predicted molar refractivity (Wildman–Crippen MR) is 98.5 cm³/mol. The Morgan fingerprint density at radius 2 is 2.04 bits per heavy atom. The summed E-state index contributed by atoms with van der Waals surface area (Å²) in [7, 11) is 0. The Morgan fingerprint density at radius 1 is 1.27 bits per heavy atom. The molecule has 0 bridgehead atoms. The van der Waals surface area contributed by atoms with Crippen LogP contribution in [0, 0.1) is 5.92 Å². The van der Waals surface area contributed by atoms with Crippen LogP contribution >= 0.6 is 23.2 Å². The first-order chi connectivity index (χ1) is 12.4. The van der Waals surface area contributed by atoms with E-state index in [9.17, 15) is 14.7 Å². The van der Waals surface area contributed by atoms with Gasteiger partial charge in [0.1, 0.15) is 5.75 Å². The van der Waals surface area contributed by atoms with Gasteiger partial charge in [-0.15, -0.1) is 0 Å². The number of phenols is 1. The number of piperidine rings is 1. The molecule has 2 amide bonds. The van der Waals surface area contributed by atoms with Crippen LogP contribution in [0.15, 0.2) is 12.1 Å². The topological polar surface area (TPSA) is 81.7 Å². The van der Waals surface area contributed by atoms with Crippen molar-refractivity contribution in [2.24, 2.45) is 5.92 Å². The third-order valence-electron chi connectivity index (χ3n) is 5.73. The van der Waals surface area contributed by atoms with Crippen molar-refractivity contribution in [2.45, 2.75) is 37.3 Å². The summed E-state index contributed by atoms with van der Waals surface area (Å²) in [5.41, 5.74) is 0.600. The van der Waals surface area contributed by atoms with E-state index in [-0.39, 0.29) is 47.9 Å². The van der Waals surface area contributed by atoms with Gasteiger partial charge in [-0.05, 0) is 25.0 Å². The monoisotopic (exact) mass is 397 g/mol. The molecule has 0 radical (unpaired) electrons. The normalized spacial score (nSPS) is 28.6. The lowest BCUT2D eigenvalue weighted by Gasteiger charge is -2.35. The third kappa shape index (κ3) is 3.15. The van der Waals surface area contributed by atoms with Gasteiger partial charge >= 0.3 is 0 Å². The zero-order chi connectivity index (χ0) is 18.4. The number of aromatic hydroxyl groups is 1. The highest BCUT2D eigenvalue weighted by atomic mass is 35.5. The number of fused-ring (bicyclic) bond motifs is 1. The summed E-state index contributed by atoms with van der Waals surface area (Å²) < 4.78 is 0. The van der Waals surface area contributed by atoms with E-state index >= 15 is 0 Å². The van der Waals surface area contributed by atoms with Crippen LogP contribution in [0.5, 0.6) is 5.75 Å². The number of rotatable bonds is 3. The molecule has 3 N–H and O–H groups in total. The molecule has 4 rings (SSSR count). The van der Waals surface area contributed by atoms with E-state index in [2.05, 4.69) is 10.6 Å². The molecule has 0 saturated carbocycles. The molecule has 8 heteroatoms. The Bertz CT molecular complexity index is 753. The maximum atomic E-state index is 12.6. The Balaban J connectivity index is 1.49. The number of nitrogens with zero attached hydrogens (tertiary/aromatic N) is 1. The molecule has 3 aliphatic rings. The lowest BCUT2D eigenvalue weighted by Crippen LogP contribution is -2.58. The first-order valence-electron chi connectivity index (χ1n) is 8.91. The van der Waals surface area contributed by atoms with E-state index in [1.165, 1.54) is 6.07 Å². The number of benzene rings is 1. The second kappa shape index (κ2) is 6.91. The van der Waals surface area contributed by atoms with Crippen molar-refractivity contribution in [3.63, 3.8) is 0 Å². The minimum Gasteiger partial charge on any atom is -0.508 e. The van der Waals surface area contributed by atoms with Crippen molar-refractivity contribution < 1.29 is 14.7 Å². The number of carbonyl (C=O) groups is 2. The van der Waals surface area contributed by atoms with Crippen molar-refractivity contribution in [2.75, 3.05) is 19.6 Å². The summed E-state index contributed by atoms with van der Waals surface area (Å²) in [6.07, 6.45) is 1.56. The zero-order valence-electron chi connectivity index (χ0n) is 14.2. The fourth-order valence-corrected chi connectivity index (χ4v) is 4.73. The van der Waals surface area contributed by atoms with Crippen LogP contribution in [0.3, 0.4) is 0 Å². The van der Waals surface area contributed by atoms with E-state index in [1.54, 1.807) is 6.07 Å². The van der Waals surface area contributed by atoms with E-state index in [4.69, 9.17) is 23.2 Å². The van der Waals surface area contributed by atoms with Gasteiger partial charge in [0.15, 0.2) is 0 Å². The van der Waals surface area contributed by atoms with Gasteiger partial charge < -0.3 is 20.6 Å². The average molecular weight is 398 g/mol. The van der Waals surface area contributed by atoms with Gasteiger partial charge in [-0.2, -0.15) is 0 Å². The number of carbonyl (C=O) groups excluding carboxylic acids is 2. The molecule has 3 fully saturated rings. The maximum Gasteiger partial charge on any atom is 0.224 e. The molecule has 3 heterocycles. The molecule has 3 aliphatic heterocycles. The van der Waals surface area contributed by atoms with Gasteiger partial charge in [-0.25, -0.2) is 0 Å². The van der Waals surface area contributed by atoms with Crippen LogP contribution in [-0.2, 0) is 9.59 Å². The smallest absolute Gasteiger partial charge is 0.224 e. The van der Waals surface area contributed by atoms with Crippen LogP contribution in [0.2, 0.25) is 10.0 Å². The Hall–Kier alpha value is -1.50. The number of hydrogen-bond acceptors (Lipinski definition) is 4. The van der Waals surface area contributed by atoms with Crippen LogP contribution in [0.1, 0.15) is 30.7 Å². The number of phenolic OH excluding ortho intramolecular Hbond substituents is 1. The summed E-state index contributed by atoms with van der Waals surface area (Å²) >= 11 is 12.4. The number of amides is 2. The fourth-order valence-electron chi connectivity index (χ4n) is 4.25. The highest BCUT2D eigenvalue weighted by Gasteiger charge is 2.44. The van der Waals surface area contributed by atoms with Gasteiger partial charge in [0.05, 0.1) is 16.1 Å². The summed E-state index contributed by atoms with van der Waals surface area (Å²) in [6, 6.07) is 3.26. The number of halogens is 2. The summed E-state index contributed by atoms with van der Waals surface area (Å²) in [6.45, 7) is 2.07. The quantitative estimate of drug-likeness (QED) is 0.727. The van der Waals surface area contributed by atoms with Gasteiger partial charge in [0, 0.05) is 49.5 Å². The van der Waals surface area contributed by atoms with Crippen molar-refractivity contribution >= 4 is 35.0 Å². The Morgan fingerprint density at radius 3 is 2.73 bits per heavy atom. The maximum absolute atomic E-state index is 12.6. The lowest BCUT2D eigenvalue weighted by molar-refractivity contribution is -0.142. The van der Waals surface area contributed by atoms with Gasteiger partial charge in [0.25, 0.3) is 0 Å². The minimum atomic E-state index is -0.286. The molecule has 140 valence electrons. The standard InChI is InChI=1S/C18H21Cl2N3O3/c19-13-1-2-14(24)16(17(13)20)10-4-12-3-9(5-15(25)23(12)8-10)18(26)22-11-6-21-7-11/h1-2,9-12,21,24H,3-8H2,(H,22,26)/t9-,10-,12+/m0/s1. The summed E-state index contributed by atoms with van der Waals surface area (Å²) in [4.78, 5) is 26.9. The minimum absolute atomic E-state index is 0.00623. The Kier molecular flexibility index (Phi) is 4.75. The molecular weight excluding hydrogens is 377 g/mol. The van der Waals surface area contributed by atoms with E-state index in [0.717, 1.165) is 13.1 Å². The SMILES string of the molecule is O=C(NC1CNC1)[C@@H]1CC(=O)N2C[C@@H](c3c(O)ccc(Cl)c3Cl)C[C@H]2C1. The molecule has 3 atom stereocenters. The van der Waals surface area contributed by atoms with Crippen LogP contribution in [0.4, 0.5) is 0 Å². The molecule has 6 nitrogen and oxygen atoms in total. The second-order valence-electron chi connectivity index (χ2n) is 7.43. The molecule has 26 heavy (non-hydrogen) atoms. The molecular formula is C18H21Cl2N3O3. The highest BCUT2D eigenvalue weighted by Crippen LogP contribution is 2.45. The molecule has 1 aromatic carbocycles. The van der Waals surface area contributed by atoms with E-state index in [1.807, 2.05) is 4.90 Å². The summed E-state index contributed by atoms with van der Waals surface area (Å²) in [5.74, 6) is -0.298. The van der Waals surface area contributed by atoms with Gasteiger partial charge in [0.2, 0.25) is 11.8 Å². The molecule has 3 saturated heterocycles. The van der Waals surface area contributed by atoms with Gasteiger partial charge in [-0.3, -0.25) is 9.59 Å². The molecule has 1 aromatic rings. The van der Waals surface area contributed by atoms with Crippen molar-refractivity contribution in [3.05, 3.63) is 27.7 Å². The largest absolute Gasteiger partial charge is 0.508 e. The van der Waals surface area contributed by atoms with E-state index in [0.29, 0.717) is 35.0 Å². The van der Waals surface area contributed by atoms with Crippen molar-refractivity contribution in [1.29, 1.82) is 0 Å². The third-order valence-corrected chi connectivity index (χ3v) is 6.55. The van der Waals surface area contributed by atoms with Gasteiger partial charge in [-0.1, -0.05) is 23.2 Å². The molecule has 0 spiro atoms. The van der Waals surface area contributed by atoms with E-state index < -0.39 is 0 Å². The number of hydrogen-bond donors (Lipinski definition) is 3. The summed E-state index contributed by atoms with van der Waals surface area (Å²) in [5, 5.41) is 17.1. The molecule has 0 aromatic heterocycles. The first-order valence-corrected chi connectivity index (χ1v) is 9.67. The molecule has 0 aliphatic carbocycles. The predicted octanol–water partition coefficient (Wildman–Crippen LogP) is 1.88. The number of nitrogens with one attached hydrogen (secondary N) is 2. The van der Waals surface area contributed by atoms with Crippen LogP contribution in [-0.4, -0.2) is 53.5 Å². The van der Waals surface area contributed by atoms with Crippen molar-refractivity contribution in [1.82, 2.24) is 15.5 Å². The average Bonchev–Trinajstić information content (AvgIpc) is 2.99. The zero-order valence-corrected chi connectivity index (χ0v) is 15.7. The Labute approximate surface area is 161 Å². The van der Waals surface area contributed by atoms with Crippen LogP contribution in [0.25, 0.3) is 0 Å². The second-order valence-corrected chi connectivity index (χ2v) is 8.21. The first kappa shape index (κ1) is 17.9. The molecule has 0 unspecified atom stereocenters. The highest BCUT2D eigenvalue weighted by molar-refractivity contribution is 6.42. The fraction of sp³-hybridized carbons (Fsp3) is 0.556. The lowest BCUT2D eigenvalue weighted by atomic mass is 9.87. The van der Waals surface area contributed by atoms with Crippen LogP contribution < -0.4 is 10.6 Å².